The minimum Gasteiger partial charge on any atom is -0.408 e. The van der Waals surface area contributed by atoms with E-state index in [0.29, 0.717) is 22.5 Å². The highest BCUT2D eigenvalue weighted by Crippen LogP contribution is 2.15. The molecular weight excluding hydrogens is 258 g/mol. The molecule has 0 saturated carbocycles. The van der Waals surface area contributed by atoms with Gasteiger partial charge in [-0.05, 0) is 18.2 Å². The maximum absolute atomic E-state index is 11.8. The van der Waals surface area contributed by atoms with Crippen LogP contribution in [-0.2, 0) is 0 Å². The van der Waals surface area contributed by atoms with Crippen molar-refractivity contribution in [2.24, 2.45) is 0 Å². The lowest BCUT2D eigenvalue weighted by Gasteiger charge is -1.95. The first-order chi connectivity index (χ1) is 9.69. The summed E-state index contributed by atoms with van der Waals surface area (Å²) in [7, 11) is 0. The maximum Gasteiger partial charge on any atom is 0.334 e. The third kappa shape index (κ3) is 2.19. The van der Waals surface area contributed by atoms with Gasteiger partial charge in [-0.1, -0.05) is 18.9 Å². The van der Waals surface area contributed by atoms with Crippen molar-refractivity contribution in [1.82, 2.24) is 19.7 Å². The molecule has 20 heavy (non-hydrogen) atoms. The Hall–Kier alpha value is -2.88. The molecule has 2 heterocycles. The second-order valence-corrected chi connectivity index (χ2v) is 3.71. The van der Waals surface area contributed by atoms with Gasteiger partial charge < -0.3 is 9.40 Å². The van der Waals surface area contributed by atoms with E-state index in [2.05, 4.69) is 15.2 Å². The van der Waals surface area contributed by atoms with E-state index in [9.17, 15) is 4.79 Å². The molecule has 7 heteroatoms. The van der Waals surface area contributed by atoms with Crippen molar-refractivity contribution in [3.63, 3.8) is 0 Å². The molecule has 0 aliphatic carbocycles. The number of nitrogens with one attached hydrogen (secondary N) is 1. The molecule has 0 unspecified atom stereocenters. The zero-order valence-electron chi connectivity index (χ0n) is 11.3. The van der Waals surface area contributed by atoms with E-state index in [1.54, 1.807) is 25.1 Å². The lowest BCUT2D eigenvalue weighted by atomic mass is 10.2. The summed E-state index contributed by atoms with van der Waals surface area (Å²) < 4.78 is 6.50. The Morgan fingerprint density at radius 2 is 2.10 bits per heavy atom. The van der Waals surface area contributed by atoms with Gasteiger partial charge in [0.05, 0.1) is 22.7 Å². The van der Waals surface area contributed by atoms with Gasteiger partial charge in [0.25, 0.3) is 0 Å². The number of nitrogens with zero attached hydrogens (tertiary/aromatic N) is 4. The Labute approximate surface area is 114 Å². The van der Waals surface area contributed by atoms with Crippen LogP contribution in [0, 0.1) is 18.3 Å². The summed E-state index contributed by atoms with van der Waals surface area (Å²) in [6.07, 6.45) is 0. The van der Waals surface area contributed by atoms with Crippen molar-refractivity contribution in [3.8, 4) is 12.1 Å². The third-order valence-electron chi connectivity index (χ3n) is 2.52. The quantitative estimate of drug-likeness (QED) is 0.728. The van der Waals surface area contributed by atoms with E-state index in [1.807, 2.05) is 19.9 Å². The highest BCUT2D eigenvalue weighted by atomic mass is 16.4. The Bertz CT molecular complexity index is 834. The number of nitriles is 1. The predicted molar refractivity (Wildman–Crippen MR) is 72.6 cm³/mol. The van der Waals surface area contributed by atoms with Crippen molar-refractivity contribution >= 4 is 11.0 Å². The molecule has 0 saturated heterocycles. The Morgan fingerprint density at radius 3 is 2.70 bits per heavy atom. The molecule has 0 radical (unpaired) electrons. The molecule has 1 aromatic carbocycles. The number of hydrogen-bond acceptors (Lipinski definition) is 5. The summed E-state index contributed by atoms with van der Waals surface area (Å²) in [5, 5.41) is 16.3. The third-order valence-corrected chi connectivity index (χ3v) is 2.52. The Balaban J connectivity index is 0.000000704. The molecule has 0 spiro atoms. The van der Waals surface area contributed by atoms with Gasteiger partial charge in [0.1, 0.15) is 0 Å². The van der Waals surface area contributed by atoms with Gasteiger partial charge in [0, 0.05) is 6.92 Å². The number of fused-ring (bicyclic) bond motifs is 1. The molecule has 0 bridgehead atoms. The first-order valence-corrected chi connectivity index (χ1v) is 6.14. The lowest BCUT2D eigenvalue weighted by molar-refractivity contribution is 0.495. The van der Waals surface area contributed by atoms with E-state index in [1.165, 1.54) is 4.57 Å². The van der Waals surface area contributed by atoms with Gasteiger partial charge in [-0.15, -0.1) is 5.10 Å². The van der Waals surface area contributed by atoms with Gasteiger partial charge in [-0.25, -0.2) is 9.36 Å². The van der Waals surface area contributed by atoms with Gasteiger partial charge in [0.2, 0.25) is 5.89 Å². The van der Waals surface area contributed by atoms with Gasteiger partial charge in [0.15, 0.2) is 0 Å². The SMILES string of the molecule is CC.Cc1nnc(-n2c(=O)[nH]c3cc(C#N)ccc32)o1. The van der Waals surface area contributed by atoms with E-state index >= 15 is 0 Å². The van der Waals surface area contributed by atoms with Crippen LogP contribution in [0.3, 0.4) is 0 Å². The molecule has 7 nitrogen and oxygen atoms in total. The first kappa shape index (κ1) is 13.5. The highest BCUT2D eigenvalue weighted by molar-refractivity contribution is 5.78. The Kier molecular flexibility index (Phi) is 3.66. The minimum atomic E-state index is -0.385. The molecular formula is C13H13N5O2. The molecule has 2 aromatic heterocycles. The Morgan fingerprint density at radius 1 is 1.35 bits per heavy atom. The van der Waals surface area contributed by atoms with Crippen LogP contribution in [0.15, 0.2) is 27.4 Å². The summed E-state index contributed by atoms with van der Waals surface area (Å²) in [5.41, 5.74) is 1.22. The van der Waals surface area contributed by atoms with E-state index in [4.69, 9.17) is 9.68 Å². The van der Waals surface area contributed by atoms with Crippen LogP contribution in [0.25, 0.3) is 17.0 Å². The topological polar surface area (TPSA) is 100 Å². The monoisotopic (exact) mass is 271 g/mol. The smallest absolute Gasteiger partial charge is 0.334 e. The fourth-order valence-corrected chi connectivity index (χ4v) is 1.75. The van der Waals surface area contributed by atoms with Gasteiger partial charge in [-0.2, -0.15) is 5.26 Å². The molecule has 102 valence electrons. The van der Waals surface area contributed by atoms with Crippen LogP contribution in [0.5, 0.6) is 0 Å². The number of aromatic amines is 1. The largest absolute Gasteiger partial charge is 0.408 e. The van der Waals surface area contributed by atoms with Crippen molar-refractivity contribution in [2.45, 2.75) is 20.8 Å². The minimum absolute atomic E-state index is 0.105. The van der Waals surface area contributed by atoms with Crippen LogP contribution in [0.2, 0.25) is 0 Å². The fraction of sp³-hybridized carbons (Fsp3) is 0.231. The number of hydrogen-bond donors (Lipinski definition) is 1. The van der Waals surface area contributed by atoms with E-state index in [0.717, 1.165) is 0 Å². The molecule has 0 amide bonds. The second-order valence-electron chi connectivity index (χ2n) is 3.71. The average Bonchev–Trinajstić information content (AvgIpc) is 3.02. The van der Waals surface area contributed by atoms with Crippen LogP contribution < -0.4 is 5.69 Å². The molecule has 0 atom stereocenters. The van der Waals surface area contributed by atoms with Crippen LogP contribution in [-0.4, -0.2) is 19.7 Å². The van der Waals surface area contributed by atoms with E-state index in [-0.39, 0.29) is 11.7 Å². The normalized spacial score (nSPS) is 9.90. The van der Waals surface area contributed by atoms with Gasteiger partial charge >= 0.3 is 11.7 Å². The van der Waals surface area contributed by atoms with Crippen molar-refractivity contribution in [1.29, 1.82) is 5.26 Å². The van der Waals surface area contributed by atoms with Crippen LogP contribution in [0.4, 0.5) is 0 Å². The molecule has 1 N–H and O–H groups in total. The molecule has 0 aliphatic rings. The molecule has 3 rings (SSSR count). The number of aromatic nitrogens is 4. The number of rotatable bonds is 1. The van der Waals surface area contributed by atoms with Crippen LogP contribution >= 0.6 is 0 Å². The summed E-state index contributed by atoms with van der Waals surface area (Å²) in [5.74, 6) is 0.375. The van der Waals surface area contributed by atoms with Crippen molar-refractivity contribution in [3.05, 3.63) is 40.1 Å². The summed E-state index contributed by atoms with van der Waals surface area (Å²) >= 11 is 0. The zero-order chi connectivity index (χ0) is 14.7. The first-order valence-electron chi connectivity index (χ1n) is 6.14. The molecule has 0 fully saturated rings. The predicted octanol–water partition coefficient (Wildman–Crippen LogP) is 1.91. The molecule has 0 aliphatic heterocycles. The number of imidazole rings is 1. The summed E-state index contributed by atoms with van der Waals surface area (Å²) in [4.78, 5) is 14.5. The second kappa shape index (κ2) is 5.40. The highest BCUT2D eigenvalue weighted by Gasteiger charge is 2.13. The van der Waals surface area contributed by atoms with Gasteiger partial charge in [-0.3, -0.25) is 0 Å². The number of aryl methyl sites for hydroxylation is 1. The van der Waals surface area contributed by atoms with Crippen molar-refractivity contribution in [2.75, 3.05) is 0 Å². The summed E-state index contributed by atoms with van der Waals surface area (Å²) in [6, 6.07) is 6.99. The number of benzene rings is 1. The fourth-order valence-electron chi connectivity index (χ4n) is 1.75. The van der Waals surface area contributed by atoms with Crippen molar-refractivity contribution < 1.29 is 4.42 Å². The molecule has 3 aromatic rings. The standard InChI is InChI=1S/C11H7N5O2.C2H6/c1-6-14-15-11(18-6)16-9-3-2-7(5-12)4-8(9)13-10(16)17;1-2/h2-4H,1H3,(H,13,17);1-2H3. The van der Waals surface area contributed by atoms with Crippen LogP contribution in [0.1, 0.15) is 25.3 Å². The average molecular weight is 271 g/mol. The summed E-state index contributed by atoms with van der Waals surface area (Å²) in [6.45, 7) is 5.64. The number of H-pyrrole nitrogens is 1. The van der Waals surface area contributed by atoms with E-state index < -0.39 is 0 Å². The maximum atomic E-state index is 11.8. The zero-order valence-corrected chi connectivity index (χ0v) is 11.3. The lowest BCUT2D eigenvalue weighted by Crippen LogP contribution is -2.14.